The topological polar surface area (TPSA) is 131 Å². The standard InChI is InChI=1S/C17H25N3O6S/c1-5-18-16(22)12(4)26-15(21)10-19-17(23)13-6-8-14(9-7-13)27(24,25)20-11(2)3/h6-9,11-12,20H,5,10H2,1-4H3,(H,18,22)(H,19,23)/t12-/m0/s1. The number of rotatable bonds is 9. The Hall–Kier alpha value is -2.46. The third kappa shape index (κ3) is 7.35. The average molecular weight is 399 g/mol. The van der Waals surface area contributed by atoms with Crippen LogP contribution < -0.4 is 15.4 Å². The number of esters is 1. The minimum absolute atomic E-state index is 0.0305. The van der Waals surface area contributed by atoms with Crippen LogP contribution in [0.1, 0.15) is 38.1 Å². The van der Waals surface area contributed by atoms with Crippen LogP contribution in [0.2, 0.25) is 0 Å². The molecule has 0 aliphatic heterocycles. The van der Waals surface area contributed by atoms with Crippen LogP contribution >= 0.6 is 0 Å². The van der Waals surface area contributed by atoms with Gasteiger partial charge in [-0.05, 0) is 52.0 Å². The summed E-state index contributed by atoms with van der Waals surface area (Å²) in [7, 11) is -3.65. The van der Waals surface area contributed by atoms with E-state index in [1.54, 1.807) is 20.8 Å². The number of nitrogens with one attached hydrogen (secondary N) is 3. The van der Waals surface area contributed by atoms with Crippen molar-refractivity contribution in [3.8, 4) is 0 Å². The molecule has 1 rings (SSSR count). The molecule has 0 unspecified atom stereocenters. The largest absolute Gasteiger partial charge is 0.451 e. The van der Waals surface area contributed by atoms with Gasteiger partial charge in [-0.2, -0.15) is 0 Å². The number of carbonyl (C=O) groups is 3. The molecule has 0 saturated carbocycles. The monoisotopic (exact) mass is 399 g/mol. The summed E-state index contributed by atoms with van der Waals surface area (Å²) in [5.41, 5.74) is 0.183. The van der Waals surface area contributed by atoms with E-state index in [9.17, 15) is 22.8 Å². The number of likely N-dealkylation sites (N-methyl/N-ethyl adjacent to an activating group) is 1. The van der Waals surface area contributed by atoms with Gasteiger partial charge in [0, 0.05) is 18.2 Å². The quantitative estimate of drug-likeness (QED) is 0.508. The lowest BCUT2D eigenvalue weighted by Gasteiger charge is -2.13. The van der Waals surface area contributed by atoms with E-state index in [0.29, 0.717) is 6.54 Å². The average Bonchev–Trinajstić information content (AvgIpc) is 2.58. The molecule has 1 aromatic rings. The van der Waals surface area contributed by atoms with Crippen molar-refractivity contribution in [2.45, 2.75) is 44.7 Å². The molecule has 0 radical (unpaired) electrons. The molecule has 10 heteroatoms. The van der Waals surface area contributed by atoms with E-state index in [1.807, 2.05) is 0 Å². The predicted octanol–water partition coefficient (Wildman–Crippen LogP) is 0.171. The first-order valence-electron chi connectivity index (χ1n) is 8.44. The van der Waals surface area contributed by atoms with E-state index in [0.717, 1.165) is 0 Å². The summed E-state index contributed by atoms with van der Waals surface area (Å²) in [5.74, 6) is -1.76. The zero-order valence-corrected chi connectivity index (χ0v) is 16.6. The van der Waals surface area contributed by atoms with Crippen LogP contribution in [-0.4, -0.2) is 51.4 Å². The lowest BCUT2D eigenvalue weighted by atomic mass is 10.2. The molecule has 3 N–H and O–H groups in total. The van der Waals surface area contributed by atoms with Crippen LogP contribution in [-0.2, 0) is 24.3 Å². The van der Waals surface area contributed by atoms with E-state index in [4.69, 9.17) is 4.74 Å². The van der Waals surface area contributed by atoms with Crippen molar-refractivity contribution in [2.75, 3.05) is 13.1 Å². The molecule has 150 valence electrons. The molecule has 0 aliphatic carbocycles. The molecule has 0 heterocycles. The predicted molar refractivity (Wildman–Crippen MR) is 98.5 cm³/mol. The second-order valence-corrected chi connectivity index (χ2v) is 7.72. The first-order valence-corrected chi connectivity index (χ1v) is 9.93. The molecule has 0 aliphatic rings. The van der Waals surface area contributed by atoms with E-state index in [2.05, 4.69) is 15.4 Å². The molecular weight excluding hydrogens is 374 g/mol. The fourth-order valence-electron chi connectivity index (χ4n) is 2.03. The van der Waals surface area contributed by atoms with Gasteiger partial charge < -0.3 is 15.4 Å². The van der Waals surface area contributed by atoms with Crippen molar-refractivity contribution in [3.63, 3.8) is 0 Å². The van der Waals surface area contributed by atoms with Crippen LogP contribution in [0.15, 0.2) is 29.2 Å². The molecule has 0 spiro atoms. The third-order valence-corrected chi connectivity index (χ3v) is 4.91. The van der Waals surface area contributed by atoms with E-state index in [-0.39, 0.29) is 16.5 Å². The van der Waals surface area contributed by atoms with Gasteiger partial charge in [-0.3, -0.25) is 14.4 Å². The molecule has 0 fully saturated rings. The third-order valence-electron chi connectivity index (χ3n) is 3.24. The van der Waals surface area contributed by atoms with Gasteiger partial charge in [-0.25, -0.2) is 13.1 Å². The minimum Gasteiger partial charge on any atom is -0.451 e. The minimum atomic E-state index is -3.65. The van der Waals surface area contributed by atoms with E-state index >= 15 is 0 Å². The second kappa shape index (κ2) is 10.0. The van der Waals surface area contributed by atoms with Gasteiger partial charge in [0.25, 0.3) is 11.8 Å². The summed E-state index contributed by atoms with van der Waals surface area (Å²) in [6.45, 7) is 6.56. The number of carbonyl (C=O) groups excluding carboxylic acids is 3. The SMILES string of the molecule is CCNC(=O)[C@H](C)OC(=O)CNC(=O)c1ccc(S(=O)(=O)NC(C)C)cc1. The molecule has 9 nitrogen and oxygen atoms in total. The highest BCUT2D eigenvalue weighted by Crippen LogP contribution is 2.11. The second-order valence-electron chi connectivity index (χ2n) is 6.01. The molecule has 0 aromatic heterocycles. The Balaban J connectivity index is 2.61. The Bertz CT molecular complexity index is 774. The zero-order valence-electron chi connectivity index (χ0n) is 15.7. The summed E-state index contributed by atoms with van der Waals surface area (Å²) in [6.07, 6.45) is -0.965. The summed E-state index contributed by atoms with van der Waals surface area (Å²) in [4.78, 5) is 35.2. The smallest absolute Gasteiger partial charge is 0.326 e. The number of hydrogen-bond donors (Lipinski definition) is 3. The Kier molecular flexibility index (Phi) is 8.38. The van der Waals surface area contributed by atoms with Crippen molar-refractivity contribution in [1.29, 1.82) is 0 Å². The number of benzene rings is 1. The van der Waals surface area contributed by atoms with Gasteiger partial charge in [-0.15, -0.1) is 0 Å². The summed E-state index contributed by atoms with van der Waals surface area (Å²) in [5, 5.41) is 4.87. The number of sulfonamides is 1. The number of ether oxygens (including phenoxy) is 1. The molecular formula is C17H25N3O6S. The fourth-order valence-corrected chi connectivity index (χ4v) is 3.28. The highest BCUT2D eigenvalue weighted by Gasteiger charge is 2.18. The molecule has 0 bridgehead atoms. The lowest BCUT2D eigenvalue weighted by Crippen LogP contribution is -2.38. The maximum atomic E-state index is 12.0. The first kappa shape index (κ1) is 22.6. The van der Waals surface area contributed by atoms with Crippen molar-refractivity contribution < 1.29 is 27.5 Å². The molecule has 2 amide bonds. The van der Waals surface area contributed by atoms with Crippen LogP contribution in [0.5, 0.6) is 0 Å². The van der Waals surface area contributed by atoms with Crippen molar-refractivity contribution in [1.82, 2.24) is 15.4 Å². The summed E-state index contributed by atoms with van der Waals surface area (Å²) < 4.78 is 31.4. The first-order chi connectivity index (χ1) is 12.6. The fraction of sp³-hybridized carbons (Fsp3) is 0.471. The molecule has 27 heavy (non-hydrogen) atoms. The highest BCUT2D eigenvalue weighted by atomic mass is 32.2. The number of hydrogen-bond acceptors (Lipinski definition) is 6. The van der Waals surface area contributed by atoms with Gasteiger partial charge in [0.15, 0.2) is 6.10 Å². The van der Waals surface area contributed by atoms with Crippen LogP contribution in [0, 0.1) is 0 Å². The Morgan fingerprint density at radius 3 is 2.15 bits per heavy atom. The van der Waals surface area contributed by atoms with Crippen LogP contribution in [0.4, 0.5) is 0 Å². The van der Waals surface area contributed by atoms with Crippen molar-refractivity contribution in [2.24, 2.45) is 0 Å². The van der Waals surface area contributed by atoms with Gasteiger partial charge in [-0.1, -0.05) is 0 Å². The lowest BCUT2D eigenvalue weighted by molar-refractivity contribution is -0.153. The summed E-state index contributed by atoms with van der Waals surface area (Å²) >= 11 is 0. The Labute approximate surface area is 158 Å². The Morgan fingerprint density at radius 2 is 1.63 bits per heavy atom. The highest BCUT2D eigenvalue weighted by molar-refractivity contribution is 7.89. The molecule has 1 aromatic carbocycles. The maximum Gasteiger partial charge on any atom is 0.326 e. The van der Waals surface area contributed by atoms with Gasteiger partial charge in [0.2, 0.25) is 10.0 Å². The summed E-state index contributed by atoms with van der Waals surface area (Å²) in [6, 6.07) is 5.02. The van der Waals surface area contributed by atoms with Gasteiger partial charge >= 0.3 is 5.97 Å². The van der Waals surface area contributed by atoms with Crippen molar-refractivity contribution in [3.05, 3.63) is 29.8 Å². The maximum absolute atomic E-state index is 12.0. The molecule has 0 saturated heterocycles. The van der Waals surface area contributed by atoms with Crippen LogP contribution in [0.3, 0.4) is 0 Å². The normalized spacial score (nSPS) is 12.3. The van der Waals surface area contributed by atoms with E-state index in [1.165, 1.54) is 31.2 Å². The Morgan fingerprint density at radius 1 is 1.04 bits per heavy atom. The number of amides is 2. The van der Waals surface area contributed by atoms with Crippen LogP contribution in [0.25, 0.3) is 0 Å². The zero-order chi connectivity index (χ0) is 20.6. The van der Waals surface area contributed by atoms with Gasteiger partial charge in [0.05, 0.1) is 4.90 Å². The van der Waals surface area contributed by atoms with E-state index < -0.39 is 40.5 Å². The van der Waals surface area contributed by atoms with Crippen molar-refractivity contribution >= 4 is 27.8 Å². The molecule has 1 atom stereocenters. The van der Waals surface area contributed by atoms with Gasteiger partial charge in [0.1, 0.15) is 6.54 Å².